The van der Waals surface area contributed by atoms with Gasteiger partial charge >= 0.3 is 0 Å². The molecule has 0 bridgehead atoms. The van der Waals surface area contributed by atoms with Gasteiger partial charge in [0.1, 0.15) is 0 Å². The van der Waals surface area contributed by atoms with E-state index in [2.05, 4.69) is 41.8 Å². The highest BCUT2D eigenvalue weighted by Crippen LogP contribution is 2.55. The summed E-state index contributed by atoms with van der Waals surface area (Å²) in [5.41, 5.74) is 11.2. The number of aromatic nitrogens is 2. The van der Waals surface area contributed by atoms with E-state index >= 15 is 0 Å². The molecule has 2 saturated heterocycles. The molecule has 1 aliphatic carbocycles. The van der Waals surface area contributed by atoms with Crippen LogP contribution in [0.2, 0.25) is 5.02 Å². The predicted molar refractivity (Wildman–Crippen MR) is 162 cm³/mol. The van der Waals surface area contributed by atoms with Crippen LogP contribution in [0.1, 0.15) is 49.6 Å². The van der Waals surface area contributed by atoms with Gasteiger partial charge in [-0.1, -0.05) is 18.2 Å². The van der Waals surface area contributed by atoms with Crippen LogP contribution in [0.5, 0.6) is 0 Å². The lowest BCUT2D eigenvalue weighted by Crippen LogP contribution is -2.63. The van der Waals surface area contributed by atoms with E-state index in [1.54, 1.807) is 7.11 Å². The van der Waals surface area contributed by atoms with Gasteiger partial charge < -0.3 is 25.7 Å². The fourth-order valence-corrected chi connectivity index (χ4v) is 7.30. The maximum absolute atomic E-state index is 12.0. The molecule has 1 aromatic carbocycles. The Balaban J connectivity index is 1.55. The number of aryl methyl sites for hydroxylation is 1. The van der Waals surface area contributed by atoms with E-state index in [0.717, 1.165) is 80.3 Å². The van der Waals surface area contributed by atoms with Crippen molar-refractivity contribution in [2.75, 3.05) is 63.6 Å². The van der Waals surface area contributed by atoms with Crippen molar-refractivity contribution in [3.63, 3.8) is 0 Å². The molecule has 10 heteroatoms. The van der Waals surface area contributed by atoms with Crippen molar-refractivity contribution in [1.82, 2.24) is 19.6 Å². The summed E-state index contributed by atoms with van der Waals surface area (Å²) in [5, 5.41) is 14.1. The Bertz CT molecular complexity index is 1340. The number of ether oxygens (including phenoxy) is 1. The lowest BCUT2D eigenvalue weighted by atomic mass is 9.60. The molecular weight excluding hydrogens is 526 g/mol. The molecule has 2 aromatic rings. The third kappa shape index (κ3) is 4.72. The van der Waals surface area contributed by atoms with E-state index in [9.17, 15) is 4.79 Å². The highest BCUT2D eigenvalue weighted by atomic mass is 35.5. The Labute approximate surface area is 242 Å². The SMILES string of the molecule is C=CC(=O)N1CC2(CC(n3nc(N4CCN(CCOC)CC4(C)C)c(-c4c(Cl)c(C)cc(N)c4C=N)c3C)C2)C1. The number of carbonyl (C=O) groups excluding carboxylic acids is 1. The summed E-state index contributed by atoms with van der Waals surface area (Å²) in [6.07, 6.45) is 4.66. The molecule has 3 heterocycles. The second-order valence-corrected chi connectivity index (χ2v) is 12.8. The summed E-state index contributed by atoms with van der Waals surface area (Å²) in [6.45, 7) is 17.9. The number of hydrogen-bond acceptors (Lipinski definition) is 7. The summed E-state index contributed by atoms with van der Waals surface area (Å²) < 4.78 is 7.51. The van der Waals surface area contributed by atoms with Gasteiger partial charge in [-0.25, -0.2) is 0 Å². The van der Waals surface area contributed by atoms with Crippen LogP contribution in [-0.4, -0.2) is 90.2 Å². The topological polar surface area (TPSA) is 104 Å². The van der Waals surface area contributed by atoms with Gasteiger partial charge in [0, 0.05) is 91.6 Å². The van der Waals surface area contributed by atoms with Crippen LogP contribution >= 0.6 is 11.6 Å². The van der Waals surface area contributed by atoms with Gasteiger partial charge in [-0.15, -0.1) is 0 Å². The Hall–Kier alpha value is -2.88. The fourth-order valence-electron chi connectivity index (χ4n) is 7.05. The second-order valence-electron chi connectivity index (χ2n) is 12.5. The quantitative estimate of drug-likeness (QED) is 0.280. The van der Waals surface area contributed by atoms with Gasteiger partial charge in [-0.05, 0) is 58.2 Å². The standard InChI is InChI=1S/C30H42ClN7O2/c1-7-24(39)36-17-30(18-36)13-21(14-30)38-20(3)25(26-22(15-32)23(33)12-19(2)27(26)31)28(34-38)37-9-8-35(10-11-40-6)16-29(37,4)5/h7,12,15,21,32H,1,8-11,13-14,16-18,33H2,2-6H3. The monoisotopic (exact) mass is 567 g/mol. The first-order valence-electron chi connectivity index (χ1n) is 14.0. The molecule has 0 radical (unpaired) electrons. The van der Waals surface area contributed by atoms with Crippen molar-refractivity contribution in [2.45, 2.75) is 52.1 Å². The number of nitrogens with zero attached hydrogens (tertiary/aromatic N) is 5. The van der Waals surface area contributed by atoms with Crippen molar-refractivity contribution in [3.05, 3.63) is 40.6 Å². The van der Waals surface area contributed by atoms with Gasteiger partial charge in [0.15, 0.2) is 5.82 Å². The van der Waals surface area contributed by atoms with E-state index in [1.165, 1.54) is 12.3 Å². The highest BCUT2D eigenvalue weighted by Gasteiger charge is 2.54. The Morgan fingerprint density at radius 2 is 1.95 bits per heavy atom. The number of nitrogens with one attached hydrogen (secondary N) is 1. The first-order valence-corrected chi connectivity index (χ1v) is 14.4. The molecular formula is C30H42ClN7O2. The molecule has 0 atom stereocenters. The Kier molecular flexibility index (Phi) is 7.52. The lowest BCUT2D eigenvalue weighted by molar-refractivity contribution is -0.149. The maximum Gasteiger partial charge on any atom is 0.245 e. The number of nitrogens with two attached hydrogens (primary N) is 1. The minimum absolute atomic E-state index is 0.00615. The molecule has 3 N–H and O–H groups in total. The van der Waals surface area contributed by atoms with Crippen LogP contribution < -0.4 is 10.6 Å². The van der Waals surface area contributed by atoms with Gasteiger partial charge in [-0.3, -0.25) is 14.4 Å². The minimum Gasteiger partial charge on any atom is -0.398 e. The summed E-state index contributed by atoms with van der Waals surface area (Å²) in [6, 6.07) is 2.08. The van der Waals surface area contributed by atoms with Crippen molar-refractivity contribution in [3.8, 4) is 11.1 Å². The van der Waals surface area contributed by atoms with Crippen LogP contribution in [0, 0.1) is 24.7 Å². The summed E-state index contributed by atoms with van der Waals surface area (Å²) >= 11 is 7.01. The van der Waals surface area contributed by atoms with E-state index < -0.39 is 0 Å². The number of likely N-dealkylation sites (tertiary alicyclic amines) is 1. The number of amides is 1. The number of benzene rings is 1. The molecule has 3 aliphatic rings. The summed E-state index contributed by atoms with van der Waals surface area (Å²) in [4.78, 5) is 18.7. The first-order chi connectivity index (χ1) is 18.9. The van der Waals surface area contributed by atoms with E-state index in [1.807, 2.05) is 17.9 Å². The summed E-state index contributed by atoms with van der Waals surface area (Å²) in [7, 11) is 1.74. The smallest absolute Gasteiger partial charge is 0.245 e. The number of rotatable bonds is 8. The number of nitrogen functional groups attached to an aromatic ring is 1. The fraction of sp³-hybridized carbons (Fsp3) is 0.567. The van der Waals surface area contributed by atoms with Crippen LogP contribution in [-0.2, 0) is 9.53 Å². The minimum atomic E-state index is -0.195. The van der Waals surface area contributed by atoms with Crippen molar-refractivity contribution < 1.29 is 9.53 Å². The average molecular weight is 568 g/mol. The third-order valence-electron chi connectivity index (χ3n) is 9.11. The number of methoxy groups -OCH3 is 1. The molecule has 2 aliphatic heterocycles. The normalized spacial score (nSPS) is 20.4. The van der Waals surface area contributed by atoms with Gasteiger partial charge in [0.05, 0.1) is 17.7 Å². The third-order valence-corrected chi connectivity index (χ3v) is 9.60. The number of carbonyl (C=O) groups is 1. The molecule has 1 amide bonds. The van der Waals surface area contributed by atoms with Gasteiger partial charge in [0.2, 0.25) is 5.91 Å². The molecule has 1 saturated carbocycles. The van der Waals surface area contributed by atoms with Crippen LogP contribution in [0.25, 0.3) is 11.1 Å². The van der Waals surface area contributed by atoms with Crippen molar-refractivity contribution >= 4 is 35.2 Å². The number of hydrogen-bond donors (Lipinski definition) is 2. The molecule has 1 spiro atoms. The number of piperazine rings is 1. The zero-order chi connectivity index (χ0) is 29.0. The zero-order valence-electron chi connectivity index (χ0n) is 24.4. The van der Waals surface area contributed by atoms with Crippen molar-refractivity contribution in [1.29, 1.82) is 5.41 Å². The summed E-state index contributed by atoms with van der Waals surface area (Å²) in [5.74, 6) is 0.897. The van der Waals surface area contributed by atoms with E-state index in [-0.39, 0.29) is 22.9 Å². The Morgan fingerprint density at radius 3 is 2.55 bits per heavy atom. The van der Waals surface area contributed by atoms with Crippen LogP contribution in [0.15, 0.2) is 18.7 Å². The van der Waals surface area contributed by atoms with Crippen molar-refractivity contribution in [2.24, 2.45) is 5.41 Å². The largest absolute Gasteiger partial charge is 0.398 e. The zero-order valence-corrected chi connectivity index (χ0v) is 25.1. The molecule has 9 nitrogen and oxygen atoms in total. The molecule has 40 heavy (non-hydrogen) atoms. The van der Waals surface area contributed by atoms with Crippen LogP contribution in [0.4, 0.5) is 11.5 Å². The molecule has 1 aromatic heterocycles. The second kappa shape index (κ2) is 10.5. The molecule has 5 rings (SSSR count). The number of halogens is 1. The molecule has 216 valence electrons. The highest BCUT2D eigenvalue weighted by molar-refractivity contribution is 6.35. The maximum atomic E-state index is 12.0. The average Bonchev–Trinajstić information content (AvgIpc) is 3.18. The first kappa shape index (κ1) is 28.6. The molecule has 0 unspecified atom stereocenters. The predicted octanol–water partition coefficient (Wildman–Crippen LogP) is 4.30. The lowest BCUT2D eigenvalue weighted by Gasteiger charge is -2.58. The number of anilines is 2. The van der Waals surface area contributed by atoms with E-state index in [4.69, 9.17) is 32.6 Å². The molecule has 3 fully saturated rings. The van der Waals surface area contributed by atoms with Gasteiger partial charge in [0.25, 0.3) is 0 Å². The Morgan fingerprint density at radius 1 is 1.25 bits per heavy atom. The van der Waals surface area contributed by atoms with Crippen LogP contribution in [0.3, 0.4) is 0 Å². The van der Waals surface area contributed by atoms with Gasteiger partial charge in [-0.2, -0.15) is 5.10 Å². The van der Waals surface area contributed by atoms with E-state index in [0.29, 0.717) is 22.9 Å².